The van der Waals surface area contributed by atoms with Crippen LogP contribution in [-0.2, 0) is 19.1 Å². The summed E-state index contributed by atoms with van der Waals surface area (Å²) in [5.41, 5.74) is 2.90. The van der Waals surface area contributed by atoms with Gasteiger partial charge in [-0.3, -0.25) is 0 Å². The quantitative estimate of drug-likeness (QED) is 0.595. The number of carbonyl (C=O) groups excluding carboxylic acids is 2. The van der Waals surface area contributed by atoms with Gasteiger partial charge in [0.25, 0.3) is 0 Å². The molecule has 1 aromatic carbocycles. The van der Waals surface area contributed by atoms with E-state index in [4.69, 9.17) is 9.47 Å². The SMILES string of the molecule is CCOC(=O)C(C)=Cc1ccc(C=C(C)C(=O)OCC)cc1. The van der Waals surface area contributed by atoms with Crippen molar-refractivity contribution in [2.45, 2.75) is 27.7 Å². The van der Waals surface area contributed by atoms with Crippen molar-refractivity contribution in [1.82, 2.24) is 0 Å². The van der Waals surface area contributed by atoms with Crippen LogP contribution in [0.3, 0.4) is 0 Å². The van der Waals surface area contributed by atoms with Gasteiger partial charge in [-0.1, -0.05) is 24.3 Å². The molecule has 0 aliphatic heterocycles. The molecule has 0 saturated carbocycles. The first-order valence-corrected chi connectivity index (χ1v) is 7.28. The summed E-state index contributed by atoms with van der Waals surface area (Å²) in [4.78, 5) is 23.1. The summed E-state index contributed by atoms with van der Waals surface area (Å²) in [6, 6.07) is 7.53. The minimum atomic E-state index is -0.315. The van der Waals surface area contributed by atoms with Crippen molar-refractivity contribution >= 4 is 24.1 Å². The highest BCUT2D eigenvalue weighted by atomic mass is 16.5. The molecule has 0 bridgehead atoms. The molecule has 0 unspecified atom stereocenters. The van der Waals surface area contributed by atoms with Crippen molar-refractivity contribution in [2.75, 3.05) is 13.2 Å². The van der Waals surface area contributed by atoms with E-state index in [1.807, 2.05) is 24.3 Å². The maximum absolute atomic E-state index is 11.5. The molecule has 0 N–H and O–H groups in total. The Kier molecular flexibility index (Phi) is 7.09. The fourth-order valence-corrected chi connectivity index (χ4v) is 1.80. The molecule has 4 heteroatoms. The lowest BCUT2D eigenvalue weighted by Crippen LogP contribution is -2.05. The number of hydrogen-bond donors (Lipinski definition) is 0. The van der Waals surface area contributed by atoms with Gasteiger partial charge in [0.05, 0.1) is 13.2 Å². The summed E-state index contributed by atoms with van der Waals surface area (Å²) in [6.07, 6.45) is 3.54. The molecular formula is C18H22O4. The summed E-state index contributed by atoms with van der Waals surface area (Å²) in [6.45, 7) is 7.71. The van der Waals surface area contributed by atoms with E-state index in [-0.39, 0.29) is 11.9 Å². The van der Waals surface area contributed by atoms with Crippen LogP contribution < -0.4 is 0 Å². The van der Waals surface area contributed by atoms with E-state index in [1.165, 1.54) is 0 Å². The molecule has 1 aromatic rings. The Morgan fingerprint density at radius 3 is 1.41 bits per heavy atom. The molecule has 0 heterocycles. The summed E-state index contributed by atoms with van der Waals surface area (Å²) in [5, 5.41) is 0. The summed E-state index contributed by atoms with van der Waals surface area (Å²) < 4.78 is 9.87. The molecule has 0 radical (unpaired) electrons. The Morgan fingerprint density at radius 2 is 1.14 bits per heavy atom. The largest absolute Gasteiger partial charge is 0.463 e. The number of esters is 2. The molecule has 0 aliphatic carbocycles. The first-order valence-electron chi connectivity index (χ1n) is 7.28. The average Bonchev–Trinajstić information content (AvgIpc) is 2.49. The first-order chi connectivity index (χ1) is 10.5. The highest BCUT2D eigenvalue weighted by Gasteiger charge is 2.05. The highest BCUT2D eigenvalue weighted by Crippen LogP contribution is 2.13. The summed E-state index contributed by atoms with van der Waals surface area (Å²) in [5.74, 6) is -0.630. The Bertz CT molecular complexity index is 527. The number of rotatable bonds is 6. The smallest absolute Gasteiger partial charge is 0.333 e. The maximum Gasteiger partial charge on any atom is 0.333 e. The van der Waals surface area contributed by atoms with Gasteiger partial charge >= 0.3 is 11.9 Å². The van der Waals surface area contributed by atoms with Gasteiger partial charge in [0.1, 0.15) is 0 Å². The van der Waals surface area contributed by atoms with Gasteiger partial charge in [0, 0.05) is 11.1 Å². The zero-order chi connectivity index (χ0) is 16.5. The lowest BCUT2D eigenvalue weighted by molar-refractivity contribution is -0.139. The molecule has 0 aliphatic rings. The molecule has 1 rings (SSSR count). The number of ether oxygens (including phenoxy) is 2. The van der Waals surface area contributed by atoms with Crippen molar-refractivity contribution < 1.29 is 19.1 Å². The standard InChI is InChI=1S/C18H22O4/c1-5-21-17(19)13(3)11-15-7-9-16(10-8-15)12-14(4)18(20)22-6-2/h7-12H,5-6H2,1-4H3. The maximum atomic E-state index is 11.5. The van der Waals surface area contributed by atoms with E-state index in [2.05, 4.69) is 0 Å². The first kappa shape index (κ1) is 17.7. The zero-order valence-corrected chi connectivity index (χ0v) is 13.5. The van der Waals surface area contributed by atoms with E-state index >= 15 is 0 Å². The van der Waals surface area contributed by atoms with Crippen molar-refractivity contribution in [3.8, 4) is 0 Å². The highest BCUT2D eigenvalue weighted by molar-refractivity contribution is 5.94. The molecule has 0 fully saturated rings. The van der Waals surface area contributed by atoms with Crippen LogP contribution in [0.4, 0.5) is 0 Å². The Labute approximate surface area is 131 Å². The lowest BCUT2D eigenvalue weighted by atomic mass is 10.1. The third-order valence-electron chi connectivity index (χ3n) is 2.90. The number of hydrogen-bond acceptors (Lipinski definition) is 4. The number of carbonyl (C=O) groups is 2. The van der Waals surface area contributed by atoms with Gasteiger partial charge in [-0.25, -0.2) is 9.59 Å². The third kappa shape index (κ3) is 5.56. The van der Waals surface area contributed by atoms with Gasteiger partial charge in [-0.15, -0.1) is 0 Å². The molecule has 0 amide bonds. The molecule has 0 spiro atoms. The van der Waals surface area contributed by atoms with Crippen LogP contribution in [-0.4, -0.2) is 25.2 Å². The fourth-order valence-electron chi connectivity index (χ4n) is 1.80. The average molecular weight is 302 g/mol. The molecule has 22 heavy (non-hydrogen) atoms. The molecule has 0 atom stereocenters. The van der Waals surface area contributed by atoms with E-state index in [1.54, 1.807) is 39.8 Å². The van der Waals surface area contributed by atoms with Crippen molar-refractivity contribution in [2.24, 2.45) is 0 Å². The fraction of sp³-hybridized carbons (Fsp3) is 0.333. The molecule has 4 nitrogen and oxygen atoms in total. The van der Waals surface area contributed by atoms with E-state index in [0.29, 0.717) is 24.4 Å². The van der Waals surface area contributed by atoms with Crippen molar-refractivity contribution in [3.05, 3.63) is 46.5 Å². The van der Waals surface area contributed by atoms with Gasteiger partial charge < -0.3 is 9.47 Å². The molecule has 0 saturated heterocycles. The van der Waals surface area contributed by atoms with Gasteiger partial charge in [-0.2, -0.15) is 0 Å². The van der Waals surface area contributed by atoms with Gasteiger partial charge in [-0.05, 0) is 51.0 Å². The predicted octanol–water partition coefficient (Wildman–Crippen LogP) is 3.62. The summed E-state index contributed by atoms with van der Waals surface area (Å²) >= 11 is 0. The Hall–Kier alpha value is -2.36. The second-order valence-electron chi connectivity index (χ2n) is 4.76. The van der Waals surface area contributed by atoms with E-state index in [0.717, 1.165) is 11.1 Å². The Morgan fingerprint density at radius 1 is 0.818 bits per heavy atom. The van der Waals surface area contributed by atoms with Gasteiger partial charge in [0.2, 0.25) is 0 Å². The van der Waals surface area contributed by atoms with Gasteiger partial charge in [0.15, 0.2) is 0 Å². The van der Waals surface area contributed by atoms with Crippen molar-refractivity contribution in [3.63, 3.8) is 0 Å². The predicted molar refractivity (Wildman–Crippen MR) is 87.0 cm³/mol. The topological polar surface area (TPSA) is 52.6 Å². The van der Waals surface area contributed by atoms with Crippen LogP contribution >= 0.6 is 0 Å². The van der Waals surface area contributed by atoms with E-state index in [9.17, 15) is 9.59 Å². The second-order valence-corrected chi connectivity index (χ2v) is 4.76. The lowest BCUT2D eigenvalue weighted by Gasteiger charge is -2.03. The normalized spacial score (nSPS) is 12.0. The van der Waals surface area contributed by atoms with Crippen LogP contribution in [0.5, 0.6) is 0 Å². The second kappa shape index (κ2) is 8.82. The monoisotopic (exact) mass is 302 g/mol. The molecule has 118 valence electrons. The van der Waals surface area contributed by atoms with E-state index < -0.39 is 0 Å². The number of benzene rings is 1. The molecular weight excluding hydrogens is 280 g/mol. The van der Waals surface area contributed by atoms with Crippen LogP contribution in [0.15, 0.2) is 35.4 Å². The minimum Gasteiger partial charge on any atom is -0.463 e. The summed E-state index contributed by atoms with van der Waals surface area (Å²) in [7, 11) is 0. The van der Waals surface area contributed by atoms with Crippen LogP contribution in [0.25, 0.3) is 12.2 Å². The molecule has 0 aromatic heterocycles. The minimum absolute atomic E-state index is 0.315. The van der Waals surface area contributed by atoms with Crippen molar-refractivity contribution in [1.29, 1.82) is 0 Å². The zero-order valence-electron chi connectivity index (χ0n) is 13.5. The van der Waals surface area contributed by atoms with Crippen LogP contribution in [0, 0.1) is 0 Å². The van der Waals surface area contributed by atoms with Crippen LogP contribution in [0.1, 0.15) is 38.8 Å². The Balaban J connectivity index is 2.83. The third-order valence-corrected chi connectivity index (χ3v) is 2.90. The van der Waals surface area contributed by atoms with Crippen LogP contribution in [0.2, 0.25) is 0 Å².